The molecule has 9 nitrogen and oxygen atoms in total. The van der Waals surface area contributed by atoms with E-state index in [0.717, 1.165) is 15.9 Å². The van der Waals surface area contributed by atoms with Gasteiger partial charge in [-0.2, -0.15) is 0 Å². The number of amides is 1. The molecule has 0 saturated carbocycles. The molecule has 9 heteroatoms. The average Bonchev–Trinajstić information content (AvgIpc) is 3.04. The van der Waals surface area contributed by atoms with E-state index in [-0.39, 0.29) is 12.5 Å². The van der Waals surface area contributed by atoms with Gasteiger partial charge in [-0.3, -0.25) is 4.79 Å². The van der Waals surface area contributed by atoms with Gasteiger partial charge in [-0.15, -0.1) is 5.10 Å². The van der Waals surface area contributed by atoms with Crippen molar-refractivity contribution in [2.75, 3.05) is 17.7 Å². The van der Waals surface area contributed by atoms with Crippen molar-refractivity contribution >= 4 is 28.9 Å². The Morgan fingerprint density at radius 3 is 2.58 bits per heavy atom. The SMILES string of the molecule is COc1cccc(NC(=O)Cn2nc3cc(C)nc(Nc4ccc(C)cc4)n3c2=O)c1. The molecule has 0 fully saturated rings. The van der Waals surface area contributed by atoms with Gasteiger partial charge < -0.3 is 15.4 Å². The van der Waals surface area contributed by atoms with E-state index in [1.165, 1.54) is 4.40 Å². The molecule has 0 unspecified atom stereocenters. The predicted molar refractivity (Wildman–Crippen MR) is 118 cm³/mol. The number of benzene rings is 2. The summed E-state index contributed by atoms with van der Waals surface area (Å²) in [4.78, 5) is 29.9. The lowest BCUT2D eigenvalue weighted by Gasteiger charge is -2.08. The Bertz CT molecular complexity index is 1310. The Morgan fingerprint density at radius 1 is 1.06 bits per heavy atom. The Labute approximate surface area is 178 Å². The van der Waals surface area contributed by atoms with Crippen molar-refractivity contribution in [1.82, 2.24) is 19.2 Å². The smallest absolute Gasteiger partial charge is 0.353 e. The van der Waals surface area contributed by atoms with Crippen LogP contribution in [0.4, 0.5) is 17.3 Å². The van der Waals surface area contributed by atoms with Gasteiger partial charge in [0.15, 0.2) is 5.65 Å². The number of hydrogen-bond acceptors (Lipinski definition) is 6. The van der Waals surface area contributed by atoms with E-state index in [4.69, 9.17) is 4.74 Å². The number of anilines is 3. The van der Waals surface area contributed by atoms with Crippen molar-refractivity contribution in [3.05, 3.63) is 76.3 Å². The lowest BCUT2D eigenvalue weighted by atomic mass is 10.2. The van der Waals surface area contributed by atoms with E-state index in [9.17, 15) is 9.59 Å². The second-order valence-electron chi connectivity index (χ2n) is 7.13. The van der Waals surface area contributed by atoms with Crippen molar-refractivity contribution in [1.29, 1.82) is 0 Å². The normalized spacial score (nSPS) is 10.8. The average molecular weight is 418 g/mol. The van der Waals surface area contributed by atoms with Gasteiger partial charge in [-0.25, -0.2) is 18.9 Å². The fraction of sp³-hybridized carbons (Fsp3) is 0.182. The minimum Gasteiger partial charge on any atom is -0.497 e. The van der Waals surface area contributed by atoms with Gasteiger partial charge in [0, 0.05) is 29.2 Å². The highest BCUT2D eigenvalue weighted by Gasteiger charge is 2.15. The van der Waals surface area contributed by atoms with Crippen molar-refractivity contribution < 1.29 is 9.53 Å². The van der Waals surface area contributed by atoms with Crippen LogP contribution in [-0.2, 0) is 11.3 Å². The van der Waals surface area contributed by atoms with E-state index in [1.807, 2.05) is 38.1 Å². The van der Waals surface area contributed by atoms with Crippen LogP contribution in [0.15, 0.2) is 59.4 Å². The minimum atomic E-state index is -0.460. The number of hydrogen-bond donors (Lipinski definition) is 2. The molecule has 0 saturated heterocycles. The third-order valence-electron chi connectivity index (χ3n) is 4.65. The Balaban J connectivity index is 1.61. The first-order chi connectivity index (χ1) is 14.9. The van der Waals surface area contributed by atoms with Gasteiger partial charge in [-0.05, 0) is 38.1 Å². The summed E-state index contributed by atoms with van der Waals surface area (Å²) in [6.07, 6.45) is 0. The number of aromatic nitrogens is 4. The monoisotopic (exact) mass is 418 g/mol. The molecular weight excluding hydrogens is 396 g/mol. The number of aryl methyl sites for hydroxylation is 2. The first kappa shape index (κ1) is 20.1. The molecular formula is C22H22N6O3. The topological polar surface area (TPSA) is 103 Å². The third-order valence-corrected chi connectivity index (χ3v) is 4.65. The molecule has 0 aliphatic rings. The minimum absolute atomic E-state index is 0.235. The van der Waals surface area contributed by atoms with E-state index in [2.05, 4.69) is 20.7 Å². The van der Waals surface area contributed by atoms with Crippen LogP contribution >= 0.6 is 0 Å². The molecule has 0 aliphatic heterocycles. The zero-order valence-electron chi connectivity index (χ0n) is 17.4. The van der Waals surface area contributed by atoms with Crippen LogP contribution in [0.3, 0.4) is 0 Å². The summed E-state index contributed by atoms with van der Waals surface area (Å²) in [5.74, 6) is 0.579. The highest BCUT2D eigenvalue weighted by atomic mass is 16.5. The van der Waals surface area contributed by atoms with Crippen molar-refractivity contribution in [2.24, 2.45) is 0 Å². The summed E-state index contributed by atoms with van der Waals surface area (Å²) in [7, 11) is 1.55. The summed E-state index contributed by atoms with van der Waals surface area (Å²) >= 11 is 0. The van der Waals surface area contributed by atoms with Gasteiger partial charge in [0.1, 0.15) is 12.3 Å². The molecule has 2 aromatic heterocycles. The maximum absolute atomic E-state index is 13.0. The number of carbonyl (C=O) groups excluding carboxylic acids is 1. The van der Waals surface area contributed by atoms with Gasteiger partial charge in [0.05, 0.1) is 7.11 Å². The van der Waals surface area contributed by atoms with Crippen LogP contribution in [0.25, 0.3) is 5.65 Å². The summed E-state index contributed by atoms with van der Waals surface area (Å²) in [5.41, 5.74) is 3.13. The zero-order chi connectivity index (χ0) is 22.0. The zero-order valence-corrected chi connectivity index (χ0v) is 17.4. The largest absolute Gasteiger partial charge is 0.497 e. The first-order valence-corrected chi connectivity index (χ1v) is 9.68. The fourth-order valence-corrected chi connectivity index (χ4v) is 3.14. The quantitative estimate of drug-likeness (QED) is 0.499. The number of nitrogens with one attached hydrogen (secondary N) is 2. The molecule has 4 aromatic rings. The number of ether oxygens (including phenoxy) is 1. The van der Waals surface area contributed by atoms with Crippen molar-refractivity contribution in [2.45, 2.75) is 20.4 Å². The van der Waals surface area contributed by atoms with Crippen LogP contribution in [-0.4, -0.2) is 32.2 Å². The van der Waals surface area contributed by atoms with Gasteiger partial charge in [0.25, 0.3) is 0 Å². The Morgan fingerprint density at radius 2 is 1.84 bits per heavy atom. The second kappa shape index (κ2) is 8.31. The number of methoxy groups -OCH3 is 1. The third kappa shape index (κ3) is 4.40. The van der Waals surface area contributed by atoms with Crippen molar-refractivity contribution in [3.63, 3.8) is 0 Å². The number of rotatable bonds is 6. The number of nitrogens with zero attached hydrogens (tertiary/aromatic N) is 4. The molecule has 1 amide bonds. The molecule has 158 valence electrons. The highest BCUT2D eigenvalue weighted by molar-refractivity contribution is 5.90. The van der Waals surface area contributed by atoms with Crippen molar-refractivity contribution in [3.8, 4) is 5.75 Å². The molecule has 2 N–H and O–H groups in total. The predicted octanol–water partition coefficient (Wildman–Crippen LogP) is 2.90. The van der Waals surface area contributed by atoms with Crippen LogP contribution in [0.2, 0.25) is 0 Å². The Kier molecular flexibility index (Phi) is 5.40. The molecule has 2 heterocycles. The molecule has 0 spiro atoms. The molecule has 0 radical (unpaired) electrons. The van der Waals surface area contributed by atoms with E-state index in [0.29, 0.717) is 28.7 Å². The van der Waals surface area contributed by atoms with E-state index in [1.54, 1.807) is 37.4 Å². The van der Waals surface area contributed by atoms with Gasteiger partial charge in [0.2, 0.25) is 11.9 Å². The fourth-order valence-electron chi connectivity index (χ4n) is 3.14. The summed E-state index contributed by atoms with van der Waals surface area (Å²) in [5, 5.41) is 10.2. The maximum atomic E-state index is 13.0. The van der Waals surface area contributed by atoms with Crippen LogP contribution in [0.5, 0.6) is 5.75 Å². The second-order valence-corrected chi connectivity index (χ2v) is 7.13. The molecule has 4 rings (SSSR count). The van der Waals surface area contributed by atoms with Gasteiger partial charge >= 0.3 is 5.69 Å². The molecule has 0 bridgehead atoms. The summed E-state index contributed by atoms with van der Waals surface area (Å²) < 4.78 is 7.63. The number of fused-ring (bicyclic) bond motifs is 1. The lowest BCUT2D eigenvalue weighted by Crippen LogP contribution is -2.29. The summed E-state index contributed by atoms with van der Waals surface area (Å²) in [6.45, 7) is 3.58. The molecule has 0 aliphatic carbocycles. The van der Waals surface area contributed by atoms with Crippen LogP contribution in [0, 0.1) is 13.8 Å². The van der Waals surface area contributed by atoms with Crippen LogP contribution in [0.1, 0.15) is 11.3 Å². The maximum Gasteiger partial charge on any atom is 0.353 e. The highest BCUT2D eigenvalue weighted by Crippen LogP contribution is 2.18. The van der Waals surface area contributed by atoms with E-state index < -0.39 is 5.69 Å². The number of carbonyl (C=O) groups is 1. The van der Waals surface area contributed by atoms with Crippen LogP contribution < -0.4 is 21.1 Å². The summed E-state index contributed by atoms with van der Waals surface area (Å²) in [6, 6.07) is 16.4. The molecule has 0 atom stereocenters. The lowest BCUT2D eigenvalue weighted by molar-refractivity contribution is -0.117. The molecule has 2 aromatic carbocycles. The standard InChI is InChI=1S/C22H22N6O3/c1-14-7-9-16(10-8-14)25-21-23-15(2)11-19-26-27(22(30)28(19)21)13-20(29)24-17-5-4-6-18(12-17)31-3/h4-12H,13H2,1-3H3,(H,23,25)(H,24,29). The molecule has 31 heavy (non-hydrogen) atoms. The Hall–Kier alpha value is -4.14. The van der Waals surface area contributed by atoms with E-state index >= 15 is 0 Å². The van der Waals surface area contributed by atoms with Gasteiger partial charge in [-0.1, -0.05) is 23.8 Å². The first-order valence-electron chi connectivity index (χ1n) is 9.68.